The largest absolute Gasteiger partial charge is 0.494 e. The van der Waals surface area contributed by atoms with Gasteiger partial charge in [-0.15, -0.1) is 12.4 Å². The first-order valence-corrected chi connectivity index (χ1v) is 7.27. The Morgan fingerprint density at radius 1 is 1.05 bits per heavy atom. The molecule has 1 aliphatic heterocycles. The van der Waals surface area contributed by atoms with Crippen molar-refractivity contribution in [3.05, 3.63) is 42.5 Å². The van der Waals surface area contributed by atoms with Crippen molar-refractivity contribution < 1.29 is 4.74 Å². The van der Waals surface area contributed by atoms with Gasteiger partial charge in [-0.2, -0.15) is 0 Å². The van der Waals surface area contributed by atoms with Gasteiger partial charge in [0.15, 0.2) is 0 Å². The highest BCUT2D eigenvalue weighted by atomic mass is 35.5. The number of nitrogens with one attached hydrogen (secondary N) is 1. The van der Waals surface area contributed by atoms with Crippen LogP contribution in [0.15, 0.2) is 42.5 Å². The summed E-state index contributed by atoms with van der Waals surface area (Å²) in [4.78, 5) is 0. The van der Waals surface area contributed by atoms with Gasteiger partial charge < -0.3 is 10.1 Å². The van der Waals surface area contributed by atoms with Crippen LogP contribution < -0.4 is 10.1 Å². The van der Waals surface area contributed by atoms with Crippen LogP contribution in [0.3, 0.4) is 0 Å². The lowest BCUT2D eigenvalue weighted by Gasteiger charge is -2.23. The van der Waals surface area contributed by atoms with E-state index in [1.54, 1.807) is 0 Å². The second-order valence-electron chi connectivity index (χ2n) is 5.29. The molecule has 0 bridgehead atoms. The quantitative estimate of drug-likeness (QED) is 0.913. The third-order valence-corrected chi connectivity index (χ3v) is 3.87. The lowest BCUT2D eigenvalue weighted by Crippen LogP contribution is -2.35. The molecule has 1 fully saturated rings. The van der Waals surface area contributed by atoms with Crippen LogP contribution in [0, 0.1) is 0 Å². The van der Waals surface area contributed by atoms with E-state index in [1.165, 1.54) is 36.6 Å². The average molecular weight is 292 g/mol. The van der Waals surface area contributed by atoms with Gasteiger partial charge >= 0.3 is 0 Å². The van der Waals surface area contributed by atoms with Gasteiger partial charge in [0, 0.05) is 6.04 Å². The Kier molecular flexibility index (Phi) is 5.69. The van der Waals surface area contributed by atoms with Gasteiger partial charge in [0.05, 0.1) is 6.61 Å². The van der Waals surface area contributed by atoms with Crippen molar-refractivity contribution in [3.8, 4) is 5.75 Å². The van der Waals surface area contributed by atoms with Gasteiger partial charge in [-0.1, -0.05) is 36.8 Å². The molecule has 0 amide bonds. The number of ether oxygens (including phenoxy) is 1. The molecule has 1 heterocycles. The molecule has 1 atom stereocenters. The highest BCUT2D eigenvalue weighted by molar-refractivity contribution is 5.85. The van der Waals surface area contributed by atoms with Gasteiger partial charge in [0.2, 0.25) is 0 Å². The average Bonchev–Trinajstić information content (AvgIpc) is 2.48. The molecule has 1 unspecified atom stereocenters. The molecule has 108 valence electrons. The Labute approximate surface area is 126 Å². The van der Waals surface area contributed by atoms with Crippen LogP contribution in [-0.4, -0.2) is 19.2 Å². The predicted molar refractivity (Wildman–Crippen MR) is 86.9 cm³/mol. The fraction of sp³-hybridized carbons (Fsp3) is 0.412. The third-order valence-electron chi connectivity index (χ3n) is 3.87. The standard InChI is InChI=1S/C17H21NO.ClH/c1-2-6-15-13-17(9-8-14(15)5-1)19-12-10-16-7-3-4-11-18-16;/h1-2,5-6,8-9,13,16,18H,3-4,7,10-12H2;1H. The zero-order chi connectivity index (χ0) is 12.9. The van der Waals surface area contributed by atoms with Gasteiger partial charge in [-0.3, -0.25) is 0 Å². The molecule has 20 heavy (non-hydrogen) atoms. The normalized spacial score (nSPS) is 18.5. The summed E-state index contributed by atoms with van der Waals surface area (Å²) in [5.74, 6) is 0.981. The molecule has 2 nitrogen and oxygen atoms in total. The summed E-state index contributed by atoms with van der Waals surface area (Å²) in [6, 6.07) is 15.4. The molecule has 2 aromatic carbocycles. The molecule has 3 rings (SSSR count). The fourth-order valence-corrected chi connectivity index (χ4v) is 2.75. The number of hydrogen-bond donors (Lipinski definition) is 1. The Bertz CT molecular complexity index is 537. The molecule has 0 radical (unpaired) electrons. The zero-order valence-electron chi connectivity index (χ0n) is 11.7. The first-order chi connectivity index (χ1) is 9.42. The minimum absolute atomic E-state index is 0. The molecule has 3 heteroatoms. The topological polar surface area (TPSA) is 21.3 Å². The van der Waals surface area contributed by atoms with Crippen molar-refractivity contribution >= 4 is 23.2 Å². The van der Waals surface area contributed by atoms with E-state index in [1.807, 2.05) is 0 Å². The van der Waals surface area contributed by atoms with E-state index in [4.69, 9.17) is 4.74 Å². The van der Waals surface area contributed by atoms with E-state index in [9.17, 15) is 0 Å². The summed E-state index contributed by atoms with van der Waals surface area (Å²) >= 11 is 0. The Morgan fingerprint density at radius 2 is 1.90 bits per heavy atom. The molecule has 0 aromatic heterocycles. The fourth-order valence-electron chi connectivity index (χ4n) is 2.75. The minimum atomic E-state index is 0. The minimum Gasteiger partial charge on any atom is -0.494 e. The number of benzene rings is 2. The van der Waals surface area contributed by atoms with Crippen LogP contribution >= 0.6 is 12.4 Å². The maximum atomic E-state index is 5.88. The van der Waals surface area contributed by atoms with E-state index < -0.39 is 0 Å². The molecular formula is C17H22ClNO. The third kappa shape index (κ3) is 3.87. The molecule has 1 N–H and O–H groups in total. The van der Waals surface area contributed by atoms with Gasteiger partial charge in [-0.05, 0) is 48.7 Å². The highest BCUT2D eigenvalue weighted by Crippen LogP contribution is 2.21. The number of piperidine rings is 1. The van der Waals surface area contributed by atoms with E-state index in [0.717, 1.165) is 18.8 Å². The maximum absolute atomic E-state index is 5.88. The van der Waals surface area contributed by atoms with E-state index in [-0.39, 0.29) is 12.4 Å². The molecular weight excluding hydrogens is 270 g/mol. The Morgan fingerprint density at radius 3 is 2.70 bits per heavy atom. The van der Waals surface area contributed by atoms with Crippen molar-refractivity contribution in [3.63, 3.8) is 0 Å². The smallest absolute Gasteiger partial charge is 0.119 e. The zero-order valence-corrected chi connectivity index (χ0v) is 12.5. The van der Waals surface area contributed by atoms with Crippen LogP contribution in [0.2, 0.25) is 0 Å². The van der Waals surface area contributed by atoms with Crippen LogP contribution in [0.5, 0.6) is 5.75 Å². The molecule has 1 aliphatic rings. The summed E-state index contributed by atoms with van der Waals surface area (Å²) in [5.41, 5.74) is 0. The summed E-state index contributed by atoms with van der Waals surface area (Å²) in [7, 11) is 0. The predicted octanol–water partition coefficient (Wildman–Crippen LogP) is 4.17. The maximum Gasteiger partial charge on any atom is 0.119 e. The van der Waals surface area contributed by atoms with Gasteiger partial charge in [0.1, 0.15) is 5.75 Å². The van der Waals surface area contributed by atoms with Crippen LogP contribution in [0.1, 0.15) is 25.7 Å². The number of fused-ring (bicyclic) bond motifs is 1. The molecule has 0 spiro atoms. The van der Waals surface area contributed by atoms with Crippen molar-refractivity contribution in [2.75, 3.05) is 13.2 Å². The van der Waals surface area contributed by atoms with Crippen LogP contribution in [-0.2, 0) is 0 Å². The lowest BCUT2D eigenvalue weighted by molar-refractivity contribution is 0.268. The first kappa shape index (κ1) is 15.1. The molecule has 0 aliphatic carbocycles. The first-order valence-electron chi connectivity index (χ1n) is 7.27. The summed E-state index contributed by atoms with van der Waals surface area (Å²) in [6.45, 7) is 1.97. The van der Waals surface area contributed by atoms with Crippen molar-refractivity contribution in [1.82, 2.24) is 5.32 Å². The monoisotopic (exact) mass is 291 g/mol. The Hall–Kier alpha value is -1.25. The lowest BCUT2D eigenvalue weighted by atomic mass is 10.0. The molecule has 1 saturated heterocycles. The van der Waals surface area contributed by atoms with Crippen LogP contribution in [0.4, 0.5) is 0 Å². The number of rotatable bonds is 4. The van der Waals surface area contributed by atoms with Gasteiger partial charge in [-0.25, -0.2) is 0 Å². The van der Waals surface area contributed by atoms with Crippen molar-refractivity contribution in [2.45, 2.75) is 31.7 Å². The molecule has 2 aromatic rings. The highest BCUT2D eigenvalue weighted by Gasteiger charge is 2.11. The second kappa shape index (κ2) is 7.51. The summed E-state index contributed by atoms with van der Waals surface area (Å²) in [5, 5.41) is 6.07. The van der Waals surface area contributed by atoms with E-state index in [2.05, 4.69) is 47.8 Å². The summed E-state index contributed by atoms with van der Waals surface area (Å²) in [6.07, 6.45) is 5.07. The van der Waals surface area contributed by atoms with Crippen molar-refractivity contribution in [2.24, 2.45) is 0 Å². The van der Waals surface area contributed by atoms with Crippen molar-refractivity contribution in [1.29, 1.82) is 0 Å². The number of halogens is 1. The molecule has 0 saturated carbocycles. The second-order valence-corrected chi connectivity index (χ2v) is 5.29. The van der Waals surface area contributed by atoms with Crippen LogP contribution in [0.25, 0.3) is 10.8 Å². The van der Waals surface area contributed by atoms with E-state index in [0.29, 0.717) is 6.04 Å². The number of hydrogen-bond acceptors (Lipinski definition) is 2. The van der Waals surface area contributed by atoms with E-state index >= 15 is 0 Å². The SMILES string of the molecule is Cl.c1ccc2cc(OCCC3CCCCN3)ccc2c1. The summed E-state index contributed by atoms with van der Waals surface area (Å²) < 4.78 is 5.88. The van der Waals surface area contributed by atoms with Gasteiger partial charge in [0.25, 0.3) is 0 Å². The Balaban J connectivity index is 0.00000147.